The van der Waals surface area contributed by atoms with Gasteiger partial charge >= 0.3 is 0 Å². The second kappa shape index (κ2) is 8.50. The number of aromatic nitrogens is 1. The molecule has 0 unspecified atom stereocenters. The van der Waals surface area contributed by atoms with Crippen LogP contribution in [-0.2, 0) is 6.42 Å². The number of carbonyl (C=O) groups is 1. The van der Waals surface area contributed by atoms with Crippen molar-refractivity contribution in [1.29, 1.82) is 0 Å². The van der Waals surface area contributed by atoms with Crippen molar-refractivity contribution in [1.82, 2.24) is 10.3 Å². The topological polar surface area (TPSA) is 51.2 Å². The Morgan fingerprint density at radius 3 is 2.62 bits per heavy atom. The minimum absolute atomic E-state index is 0.198. The fourth-order valence-corrected chi connectivity index (χ4v) is 2.84. The first-order chi connectivity index (χ1) is 12.7. The predicted octanol–water partition coefficient (Wildman–Crippen LogP) is 4.38. The van der Waals surface area contributed by atoms with E-state index in [1.54, 1.807) is 24.4 Å². The van der Waals surface area contributed by atoms with Crippen LogP contribution < -0.4 is 10.1 Å². The van der Waals surface area contributed by atoms with Gasteiger partial charge in [-0.15, -0.1) is 0 Å². The predicted molar refractivity (Wildman–Crippen MR) is 104 cm³/mol. The van der Waals surface area contributed by atoms with E-state index in [4.69, 9.17) is 16.3 Å². The molecule has 5 heteroatoms. The number of nitrogens with one attached hydrogen (secondary N) is 1. The number of carbonyl (C=O) groups excluding carboxylic acids is 1. The van der Waals surface area contributed by atoms with Gasteiger partial charge in [0.2, 0.25) is 0 Å². The number of benzene rings is 2. The molecule has 0 saturated carbocycles. The minimum Gasteiger partial charge on any atom is -0.496 e. The molecule has 0 radical (unpaired) electrons. The van der Waals surface area contributed by atoms with Crippen molar-refractivity contribution in [2.45, 2.75) is 6.42 Å². The number of pyridine rings is 1. The first-order valence-electron chi connectivity index (χ1n) is 8.28. The van der Waals surface area contributed by atoms with Crippen LogP contribution in [0.5, 0.6) is 5.75 Å². The van der Waals surface area contributed by atoms with Crippen molar-refractivity contribution < 1.29 is 9.53 Å². The summed E-state index contributed by atoms with van der Waals surface area (Å²) in [5, 5.41) is 3.41. The summed E-state index contributed by atoms with van der Waals surface area (Å²) in [5.41, 5.74) is 3.79. The molecule has 26 heavy (non-hydrogen) atoms. The molecular formula is C21H19ClN2O2. The van der Waals surface area contributed by atoms with E-state index in [-0.39, 0.29) is 5.91 Å². The number of hydrogen-bond acceptors (Lipinski definition) is 3. The number of nitrogens with zero attached hydrogens (tertiary/aromatic N) is 1. The Morgan fingerprint density at radius 2 is 1.92 bits per heavy atom. The lowest BCUT2D eigenvalue weighted by molar-refractivity contribution is 0.0951. The molecule has 0 fully saturated rings. The van der Waals surface area contributed by atoms with Gasteiger partial charge in [-0.2, -0.15) is 0 Å². The Hall–Kier alpha value is -2.85. The highest BCUT2D eigenvalue weighted by atomic mass is 35.5. The number of rotatable bonds is 6. The van der Waals surface area contributed by atoms with Gasteiger partial charge in [-0.05, 0) is 47.4 Å². The molecule has 0 saturated heterocycles. The zero-order valence-corrected chi connectivity index (χ0v) is 15.2. The van der Waals surface area contributed by atoms with Crippen LogP contribution in [0.4, 0.5) is 0 Å². The monoisotopic (exact) mass is 366 g/mol. The lowest BCUT2D eigenvalue weighted by atomic mass is 10.0. The van der Waals surface area contributed by atoms with Gasteiger partial charge in [0.25, 0.3) is 5.91 Å². The maximum atomic E-state index is 12.3. The minimum atomic E-state index is -0.198. The zero-order chi connectivity index (χ0) is 18.4. The Kier molecular flexibility index (Phi) is 5.87. The number of hydrogen-bond donors (Lipinski definition) is 1. The van der Waals surface area contributed by atoms with Crippen LogP contribution in [0.1, 0.15) is 15.9 Å². The number of halogens is 1. The summed E-state index contributed by atoms with van der Waals surface area (Å²) in [7, 11) is 1.53. The van der Waals surface area contributed by atoms with Crippen molar-refractivity contribution in [2.75, 3.05) is 13.7 Å². The van der Waals surface area contributed by atoms with Gasteiger partial charge in [0.05, 0.1) is 12.7 Å². The van der Waals surface area contributed by atoms with Crippen LogP contribution in [0.25, 0.3) is 11.1 Å². The summed E-state index contributed by atoms with van der Waals surface area (Å²) in [6.45, 7) is 0.529. The molecule has 0 aliphatic carbocycles. The highest BCUT2D eigenvalue weighted by molar-refractivity contribution is 6.31. The normalized spacial score (nSPS) is 10.4. The lowest BCUT2D eigenvalue weighted by Crippen LogP contribution is -2.26. The van der Waals surface area contributed by atoms with E-state index in [0.717, 1.165) is 23.1 Å². The molecule has 3 aromatic rings. The van der Waals surface area contributed by atoms with E-state index in [1.165, 1.54) is 7.11 Å². The van der Waals surface area contributed by atoms with Gasteiger partial charge in [0, 0.05) is 24.0 Å². The van der Waals surface area contributed by atoms with Crippen LogP contribution in [0.2, 0.25) is 5.02 Å². The first-order valence-corrected chi connectivity index (χ1v) is 8.66. The molecule has 1 heterocycles. The molecule has 0 aliphatic rings. The smallest absolute Gasteiger partial charge is 0.255 e. The molecule has 0 bridgehead atoms. The van der Waals surface area contributed by atoms with Crippen LogP contribution >= 0.6 is 11.6 Å². The second-order valence-corrected chi connectivity index (χ2v) is 6.23. The molecule has 0 atom stereocenters. The second-order valence-electron chi connectivity index (χ2n) is 5.79. The van der Waals surface area contributed by atoms with Crippen LogP contribution in [0, 0.1) is 0 Å². The summed E-state index contributed by atoms with van der Waals surface area (Å²) in [5.74, 6) is 0.309. The summed E-state index contributed by atoms with van der Waals surface area (Å²) >= 11 is 5.97. The third-order valence-electron chi connectivity index (χ3n) is 4.05. The largest absolute Gasteiger partial charge is 0.496 e. The van der Waals surface area contributed by atoms with Crippen LogP contribution in [0.15, 0.2) is 67.0 Å². The van der Waals surface area contributed by atoms with Gasteiger partial charge in [-0.1, -0.05) is 41.9 Å². The maximum absolute atomic E-state index is 12.3. The highest BCUT2D eigenvalue weighted by Gasteiger charge is 2.12. The molecule has 1 aromatic heterocycles. The highest BCUT2D eigenvalue weighted by Crippen LogP contribution is 2.22. The average molecular weight is 367 g/mol. The van der Waals surface area contributed by atoms with E-state index in [1.807, 2.05) is 18.3 Å². The quantitative estimate of drug-likeness (QED) is 0.704. The molecule has 0 spiro atoms. The summed E-state index contributed by atoms with van der Waals surface area (Å²) < 4.78 is 5.22. The Morgan fingerprint density at radius 1 is 1.12 bits per heavy atom. The van der Waals surface area contributed by atoms with Crippen molar-refractivity contribution >= 4 is 17.5 Å². The fraction of sp³-hybridized carbons (Fsp3) is 0.143. The molecule has 1 amide bonds. The van der Waals surface area contributed by atoms with Gasteiger partial charge in [-0.3, -0.25) is 9.78 Å². The summed E-state index contributed by atoms with van der Waals surface area (Å²) in [6.07, 6.45) is 4.34. The van der Waals surface area contributed by atoms with Crippen LogP contribution in [-0.4, -0.2) is 24.5 Å². The molecular weight excluding hydrogens is 348 g/mol. The standard InChI is InChI=1S/C21H19ClN2O2/c1-26-20-9-8-18(22)13-19(20)21(25)24-12-10-15-4-6-16(7-5-15)17-3-2-11-23-14-17/h2-9,11,13-14H,10,12H2,1H3,(H,24,25). The van der Waals surface area contributed by atoms with E-state index >= 15 is 0 Å². The molecule has 4 nitrogen and oxygen atoms in total. The van der Waals surface area contributed by atoms with E-state index in [2.05, 4.69) is 34.6 Å². The molecule has 0 aliphatic heterocycles. The third-order valence-corrected chi connectivity index (χ3v) is 4.29. The van der Waals surface area contributed by atoms with Crippen molar-refractivity contribution in [3.63, 3.8) is 0 Å². The Balaban J connectivity index is 1.58. The van der Waals surface area contributed by atoms with Gasteiger partial charge in [0.15, 0.2) is 0 Å². The molecule has 3 rings (SSSR count). The van der Waals surface area contributed by atoms with E-state index in [0.29, 0.717) is 22.9 Å². The average Bonchev–Trinajstić information content (AvgIpc) is 2.69. The number of amides is 1. The fourth-order valence-electron chi connectivity index (χ4n) is 2.67. The first kappa shape index (κ1) is 18.0. The third kappa shape index (κ3) is 4.41. The van der Waals surface area contributed by atoms with Crippen molar-refractivity contribution in [2.24, 2.45) is 0 Å². The van der Waals surface area contributed by atoms with Gasteiger partial charge < -0.3 is 10.1 Å². The molecule has 132 valence electrons. The lowest BCUT2D eigenvalue weighted by Gasteiger charge is -2.10. The number of ether oxygens (including phenoxy) is 1. The molecule has 2 aromatic carbocycles. The zero-order valence-electron chi connectivity index (χ0n) is 14.4. The summed E-state index contributed by atoms with van der Waals surface area (Å²) in [4.78, 5) is 16.5. The SMILES string of the molecule is COc1ccc(Cl)cc1C(=O)NCCc1ccc(-c2cccnc2)cc1. The number of methoxy groups -OCH3 is 1. The maximum Gasteiger partial charge on any atom is 0.255 e. The van der Waals surface area contributed by atoms with Crippen LogP contribution in [0.3, 0.4) is 0 Å². The Bertz CT molecular complexity index is 880. The van der Waals surface area contributed by atoms with Crippen molar-refractivity contribution in [3.05, 3.63) is 83.1 Å². The van der Waals surface area contributed by atoms with E-state index in [9.17, 15) is 4.79 Å². The van der Waals surface area contributed by atoms with Crippen molar-refractivity contribution in [3.8, 4) is 16.9 Å². The molecule has 1 N–H and O–H groups in total. The van der Waals surface area contributed by atoms with E-state index < -0.39 is 0 Å². The van der Waals surface area contributed by atoms with Gasteiger partial charge in [0.1, 0.15) is 5.75 Å². The Labute approximate surface area is 157 Å². The van der Waals surface area contributed by atoms with Gasteiger partial charge in [-0.25, -0.2) is 0 Å². The summed E-state index contributed by atoms with van der Waals surface area (Å²) in [6, 6.07) is 17.2.